The van der Waals surface area contributed by atoms with Crippen LogP contribution in [-0.4, -0.2) is 0 Å². The van der Waals surface area contributed by atoms with Gasteiger partial charge in [-0.25, -0.2) is 0 Å². The molecule has 0 spiro atoms. The predicted octanol–water partition coefficient (Wildman–Crippen LogP) is 6.82. The van der Waals surface area contributed by atoms with Crippen LogP contribution in [0.5, 0.6) is 0 Å². The lowest BCUT2D eigenvalue weighted by Gasteiger charge is -2.28. The van der Waals surface area contributed by atoms with Crippen molar-refractivity contribution < 1.29 is 0 Å². The SMILES string of the molecule is C1=CCC(/C=C/c2ccc(-c3ccccc3)cc2)(c2ccccc2)C=C1. The quantitative estimate of drug-likeness (QED) is 0.491. The van der Waals surface area contributed by atoms with Crippen molar-refractivity contribution in [1.82, 2.24) is 0 Å². The molecule has 1 unspecified atom stereocenters. The van der Waals surface area contributed by atoms with Gasteiger partial charge in [0.1, 0.15) is 0 Å². The van der Waals surface area contributed by atoms with E-state index < -0.39 is 0 Å². The smallest absolute Gasteiger partial charge is 0.0352 e. The summed E-state index contributed by atoms with van der Waals surface area (Å²) in [4.78, 5) is 0. The molecule has 0 aliphatic heterocycles. The molecule has 1 atom stereocenters. The molecule has 126 valence electrons. The third-order valence-corrected chi connectivity index (χ3v) is 5.00. The Morgan fingerprint density at radius 1 is 0.654 bits per heavy atom. The largest absolute Gasteiger partial charge is 0.0830 e. The first-order valence-corrected chi connectivity index (χ1v) is 9.10. The molecule has 0 heteroatoms. The van der Waals surface area contributed by atoms with E-state index >= 15 is 0 Å². The second-order valence-corrected chi connectivity index (χ2v) is 6.72. The van der Waals surface area contributed by atoms with Gasteiger partial charge in [0.25, 0.3) is 0 Å². The highest BCUT2D eigenvalue weighted by Gasteiger charge is 2.25. The van der Waals surface area contributed by atoms with Crippen LogP contribution in [0.1, 0.15) is 17.5 Å². The summed E-state index contributed by atoms with van der Waals surface area (Å²) < 4.78 is 0. The van der Waals surface area contributed by atoms with E-state index in [0.717, 1.165) is 6.42 Å². The Morgan fingerprint density at radius 3 is 1.96 bits per heavy atom. The van der Waals surface area contributed by atoms with Crippen molar-refractivity contribution in [3.63, 3.8) is 0 Å². The minimum absolute atomic E-state index is 0.0614. The van der Waals surface area contributed by atoms with Crippen molar-refractivity contribution in [2.75, 3.05) is 0 Å². The summed E-state index contributed by atoms with van der Waals surface area (Å²) in [7, 11) is 0. The number of hydrogen-bond donors (Lipinski definition) is 0. The maximum absolute atomic E-state index is 2.33. The van der Waals surface area contributed by atoms with E-state index in [2.05, 4.69) is 121 Å². The predicted molar refractivity (Wildman–Crippen MR) is 112 cm³/mol. The van der Waals surface area contributed by atoms with Gasteiger partial charge in [-0.3, -0.25) is 0 Å². The maximum Gasteiger partial charge on any atom is 0.0352 e. The van der Waals surface area contributed by atoms with Crippen molar-refractivity contribution in [1.29, 1.82) is 0 Å². The van der Waals surface area contributed by atoms with Gasteiger partial charge in [0.05, 0.1) is 0 Å². The van der Waals surface area contributed by atoms with Gasteiger partial charge in [-0.15, -0.1) is 0 Å². The lowest BCUT2D eigenvalue weighted by Crippen LogP contribution is -2.21. The second kappa shape index (κ2) is 7.41. The van der Waals surface area contributed by atoms with E-state index in [1.165, 1.54) is 22.3 Å². The molecule has 1 aliphatic carbocycles. The molecule has 4 rings (SSSR count). The van der Waals surface area contributed by atoms with E-state index in [-0.39, 0.29) is 5.41 Å². The fraction of sp³-hybridized carbons (Fsp3) is 0.0769. The minimum Gasteiger partial charge on any atom is -0.0830 e. The van der Waals surface area contributed by atoms with Gasteiger partial charge in [-0.1, -0.05) is 121 Å². The normalized spacial score (nSPS) is 19.1. The molecule has 3 aromatic carbocycles. The van der Waals surface area contributed by atoms with E-state index in [1.807, 2.05) is 0 Å². The third-order valence-electron chi connectivity index (χ3n) is 5.00. The first-order valence-electron chi connectivity index (χ1n) is 9.10. The molecule has 0 aromatic heterocycles. The van der Waals surface area contributed by atoms with Gasteiger partial charge in [0.2, 0.25) is 0 Å². The molecular weight excluding hydrogens is 312 g/mol. The first-order chi connectivity index (χ1) is 12.9. The van der Waals surface area contributed by atoms with Gasteiger partial charge in [-0.05, 0) is 28.7 Å². The van der Waals surface area contributed by atoms with Gasteiger partial charge in [0, 0.05) is 5.41 Å². The van der Waals surface area contributed by atoms with Gasteiger partial charge >= 0.3 is 0 Å². The van der Waals surface area contributed by atoms with E-state index in [0.29, 0.717) is 0 Å². The third kappa shape index (κ3) is 3.45. The molecule has 26 heavy (non-hydrogen) atoms. The number of hydrogen-bond acceptors (Lipinski definition) is 0. The molecule has 0 N–H and O–H groups in total. The summed E-state index contributed by atoms with van der Waals surface area (Å²) in [6.07, 6.45) is 14.4. The van der Waals surface area contributed by atoms with E-state index in [4.69, 9.17) is 0 Å². The zero-order valence-electron chi connectivity index (χ0n) is 14.8. The Labute approximate surface area is 155 Å². The van der Waals surface area contributed by atoms with Crippen molar-refractivity contribution in [3.05, 3.63) is 126 Å². The van der Waals surface area contributed by atoms with Crippen molar-refractivity contribution in [3.8, 4) is 11.1 Å². The van der Waals surface area contributed by atoms with Crippen LogP contribution >= 0.6 is 0 Å². The maximum atomic E-state index is 2.33. The number of benzene rings is 3. The molecule has 0 saturated carbocycles. The molecule has 0 amide bonds. The molecule has 0 fully saturated rings. The number of allylic oxidation sites excluding steroid dienone is 5. The van der Waals surface area contributed by atoms with Crippen LogP contribution in [0.2, 0.25) is 0 Å². The summed E-state index contributed by atoms with van der Waals surface area (Å²) in [5, 5.41) is 0. The van der Waals surface area contributed by atoms with Gasteiger partial charge < -0.3 is 0 Å². The monoisotopic (exact) mass is 334 g/mol. The molecule has 0 bridgehead atoms. The molecule has 3 aromatic rings. The standard InChI is InChI=1S/C26H22/c1-4-10-23(11-5-1)24-16-14-22(15-17-24)18-21-26(19-8-3-9-20-26)25-12-6-2-7-13-25/h1-19,21H,20H2/b21-18+. The summed E-state index contributed by atoms with van der Waals surface area (Å²) in [5.74, 6) is 0. The molecule has 0 saturated heterocycles. The lowest BCUT2D eigenvalue weighted by atomic mass is 9.75. The Balaban J connectivity index is 1.61. The van der Waals surface area contributed by atoms with E-state index in [9.17, 15) is 0 Å². The van der Waals surface area contributed by atoms with Gasteiger partial charge in [-0.2, -0.15) is 0 Å². The first kappa shape index (κ1) is 16.4. The van der Waals surface area contributed by atoms with Crippen LogP contribution < -0.4 is 0 Å². The molecular formula is C26H22. The summed E-state index contributed by atoms with van der Waals surface area (Å²) in [5.41, 5.74) is 5.00. The topological polar surface area (TPSA) is 0 Å². The van der Waals surface area contributed by atoms with Crippen LogP contribution in [0.15, 0.2) is 115 Å². The Hall–Kier alpha value is -3.12. The minimum atomic E-state index is -0.0614. The van der Waals surface area contributed by atoms with Crippen LogP contribution in [0.25, 0.3) is 17.2 Å². The van der Waals surface area contributed by atoms with E-state index in [1.54, 1.807) is 0 Å². The number of rotatable bonds is 4. The summed E-state index contributed by atoms with van der Waals surface area (Å²) in [6, 6.07) is 30.0. The summed E-state index contributed by atoms with van der Waals surface area (Å²) in [6.45, 7) is 0. The highest BCUT2D eigenvalue weighted by atomic mass is 14.3. The molecule has 1 aliphatic rings. The van der Waals surface area contributed by atoms with Crippen LogP contribution in [0, 0.1) is 0 Å². The molecule has 0 radical (unpaired) electrons. The van der Waals surface area contributed by atoms with Crippen molar-refractivity contribution >= 4 is 6.08 Å². The fourth-order valence-electron chi connectivity index (χ4n) is 3.48. The lowest BCUT2D eigenvalue weighted by molar-refractivity contribution is 0.678. The van der Waals surface area contributed by atoms with Crippen LogP contribution in [-0.2, 0) is 5.41 Å². The van der Waals surface area contributed by atoms with Gasteiger partial charge in [0.15, 0.2) is 0 Å². The Bertz CT molecular complexity index is 928. The fourth-order valence-corrected chi connectivity index (χ4v) is 3.48. The molecule has 0 heterocycles. The Kier molecular flexibility index (Phi) is 4.66. The highest BCUT2D eigenvalue weighted by molar-refractivity contribution is 5.66. The Morgan fingerprint density at radius 2 is 1.31 bits per heavy atom. The zero-order valence-corrected chi connectivity index (χ0v) is 14.8. The zero-order chi connectivity index (χ0) is 17.7. The second-order valence-electron chi connectivity index (χ2n) is 6.72. The van der Waals surface area contributed by atoms with Crippen molar-refractivity contribution in [2.45, 2.75) is 11.8 Å². The average Bonchev–Trinajstić information content (AvgIpc) is 2.75. The highest BCUT2D eigenvalue weighted by Crippen LogP contribution is 2.35. The molecule has 0 nitrogen and oxygen atoms in total. The van der Waals surface area contributed by atoms with Crippen LogP contribution in [0.3, 0.4) is 0 Å². The average molecular weight is 334 g/mol. The van der Waals surface area contributed by atoms with Crippen molar-refractivity contribution in [2.24, 2.45) is 0 Å². The van der Waals surface area contributed by atoms with Crippen LogP contribution in [0.4, 0.5) is 0 Å². The summed E-state index contributed by atoms with van der Waals surface area (Å²) >= 11 is 0.